The zero-order valence-corrected chi connectivity index (χ0v) is 13.5. The smallest absolute Gasteiger partial charge is 0.243 e. The van der Waals surface area contributed by atoms with E-state index < -0.39 is 28.3 Å². The number of rotatable bonds is 6. The molecule has 0 bridgehead atoms. The van der Waals surface area contributed by atoms with E-state index in [0.29, 0.717) is 0 Å². The monoisotopic (exact) mass is 340 g/mol. The van der Waals surface area contributed by atoms with E-state index in [-0.39, 0.29) is 12.2 Å². The summed E-state index contributed by atoms with van der Waals surface area (Å²) >= 11 is 0. The summed E-state index contributed by atoms with van der Waals surface area (Å²) in [4.78, 5) is 13.6. The van der Waals surface area contributed by atoms with Crippen molar-refractivity contribution in [3.63, 3.8) is 0 Å². The molecular formula is C14H17FN4O3S. The van der Waals surface area contributed by atoms with Gasteiger partial charge in [-0.2, -0.15) is 5.10 Å². The number of aromatic amines is 1. The number of benzene rings is 1. The number of amides is 1. The minimum atomic E-state index is -3.73. The van der Waals surface area contributed by atoms with Crippen LogP contribution < -0.4 is 4.31 Å². The Bertz CT molecular complexity index is 777. The van der Waals surface area contributed by atoms with Gasteiger partial charge >= 0.3 is 0 Å². The second-order valence-corrected chi connectivity index (χ2v) is 6.99. The molecule has 0 spiro atoms. The van der Waals surface area contributed by atoms with E-state index >= 15 is 0 Å². The molecule has 0 radical (unpaired) electrons. The molecule has 2 aromatic rings. The lowest BCUT2D eigenvalue weighted by molar-refractivity contribution is -0.128. The number of carbonyl (C=O) groups is 1. The van der Waals surface area contributed by atoms with Crippen LogP contribution in [0.4, 0.5) is 10.1 Å². The Labute approximate surface area is 133 Å². The van der Waals surface area contributed by atoms with Gasteiger partial charge in [0.15, 0.2) is 0 Å². The number of sulfonamides is 1. The van der Waals surface area contributed by atoms with Crippen LogP contribution in [-0.4, -0.2) is 49.3 Å². The van der Waals surface area contributed by atoms with E-state index in [1.165, 1.54) is 23.1 Å². The highest BCUT2D eigenvalue weighted by Crippen LogP contribution is 2.18. The van der Waals surface area contributed by atoms with E-state index in [1.54, 1.807) is 19.3 Å². The highest BCUT2D eigenvalue weighted by atomic mass is 32.2. The second kappa shape index (κ2) is 6.78. The largest absolute Gasteiger partial charge is 0.338 e. The molecule has 1 heterocycles. The van der Waals surface area contributed by atoms with Crippen molar-refractivity contribution < 1.29 is 17.6 Å². The van der Waals surface area contributed by atoms with E-state index in [0.717, 1.165) is 22.3 Å². The van der Waals surface area contributed by atoms with Crippen molar-refractivity contribution in [2.75, 3.05) is 24.2 Å². The van der Waals surface area contributed by atoms with Crippen LogP contribution in [0.5, 0.6) is 0 Å². The normalized spacial score (nSPS) is 11.3. The van der Waals surface area contributed by atoms with Gasteiger partial charge in [-0.25, -0.2) is 12.8 Å². The number of hydrogen-bond donors (Lipinski definition) is 1. The Morgan fingerprint density at radius 1 is 1.35 bits per heavy atom. The molecule has 0 aliphatic rings. The van der Waals surface area contributed by atoms with Crippen LogP contribution in [0.2, 0.25) is 0 Å². The van der Waals surface area contributed by atoms with E-state index in [1.807, 2.05) is 0 Å². The molecule has 0 unspecified atom stereocenters. The predicted molar refractivity (Wildman–Crippen MR) is 83.7 cm³/mol. The lowest BCUT2D eigenvalue weighted by Crippen LogP contribution is -2.41. The molecule has 1 N–H and O–H groups in total. The Hall–Kier alpha value is -2.42. The van der Waals surface area contributed by atoms with E-state index in [2.05, 4.69) is 10.2 Å². The number of nitrogens with one attached hydrogen (secondary N) is 1. The van der Waals surface area contributed by atoms with Crippen LogP contribution in [-0.2, 0) is 21.4 Å². The van der Waals surface area contributed by atoms with Crippen LogP contribution in [0.15, 0.2) is 36.5 Å². The second-order valence-electron chi connectivity index (χ2n) is 5.08. The fourth-order valence-corrected chi connectivity index (χ4v) is 2.83. The number of H-pyrrole nitrogens is 1. The lowest BCUT2D eigenvalue weighted by atomic mass is 10.3. The first kappa shape index (κ1) is 16.9. The Morgan fingerprint density at radius 3 is 2.65 bits per heavy atom. The summed E-state index contributed by atoms with van der Waals surface area (Å²) in [5.41, 5.74) is 0.827. The molecule has 0 atom stereocenters. The van der Waals surface area contributed by atoms with Crippen molar-refractivity contribution in [3.05, 3.63) is 48.0 Å². The van der Waals surface area contributed by atoms with Crippen molar-refractivity contribution in [1.82, 2.24) is 15.1 Å². The molecule has 9 heteroatoms. The number of carbonyl (C=O) groups excluding carboxylic acids is 1. The molecular weight excluding hydrogens is 323 g/mol. The predicted octanol–water partition coefficient (Wildman–Crippen LogP) is 0.973. The molecule has 2 rings (SSSR count). The third kappa shape index (κ3) is 4.52. The Kier molecular flexibility index (Phi) is 4.99. The molecule has 0 aliphatic carbocycles. The summed E-state index contributed by atoms with van der Waals surface area (Å²) in [6, 6.07) is 6.82. The number of halogens is 1. The summed E-state index contributed by atoms with van der Waals surface area (Å²) < 4.78 is 38.1. The maximum Gasteiger partial charge on any atom is 0.243 e. The van der Waals surface area contributed by atoms with Crippen LogP contribution >= 0.6 is 0 Å². The van der Waals surface area contributed by atoms with Crippen LogP contribution in [0.1, 0.15) is 5.69 Å². The van der Waals surface area contributed by atoms with Crippen LogP contribution in [0.25, 0.3) is 0 Å². The molecule has 7 nitrogen and oxygen atoms in total. The molecule has 0 saturated heterocycles. The number of anilines is 1. The topological polar surface area (TPSA) is 86.4 Å². The van der Waals surface area contributed by atoms with E-state index in [9.17, 15) is 17.6 Å². The standard InChI is InChI=1S/C14H17FN4O3S/c1-18(9-12-6-7-16-17-12)14(20)10-19(23(2,21)22)13-5-3-4-11(15)8-13/h3-8H,9-10H2,1-2H3,(H,16,17). The Morgan fingerprint density at radius 2 is 2.09 bits per heavy atom. The van der Waals surface area contributed by atoms with Crippen LogP contribution in [0, 0.1) is 5.82 Å². The average molecular weight is 340 g/mol. The maximum atomic E-state index is 13.3. The molecule has 0 saturated carbocycles. The third-order valence-corrected chi connectivity index (χ3v) is 4.31. The van der Waals surface area contributed by atoms with Crippen LogP contribution in [0.3, 0.4) is 0 Å². The highest BCUT2D eigenvalue weighted by molar-refractivity contribution is 7.92. The quantitative estimate of drug-likeness (QED) is 0.849. The summed E-state index contributed by atoms with van der Waals surface area (Å²) in [5, 5.41) is 6.50. The van der Waals surface area contributed by atoms with Gasteiger partial charge < -0.3 is 4.90 Å². The van der Waals surface area contributed by atoms with Gasteiger partial charge in [-0.15, -0.1) is 0 Å². The summed E-state index contributed by atoms with van der Waals surface area (Å²) in [7, 11) is -2.18. The summed E-state index contributed by atoms with van der Waals surface area (Å²) in [5.74, 6) is -0.997. The first-order chi connectivity index (χ1) is 10.8. The van der Waals surface area contributed by atoms with Crippen molar-refractivity contribution in [2.45, 2.75) is 6.54 Å². The third-order valence-electron chi connectivity index (χ3n) is 3.17. The summed E-state index contributed by atoms with van der Waals surface area (Å²) in [6.07, 6.45) is 2.53. The van der Waals surface area contributed by atoms with Gasteiger partial charge in [-0.05, 0) is 24.3 Å². The first-order valence-electron chi connectivity index (χ1n) is 6.73. The van der Waals surface area contributed by atoms with Gasteiger partial charge in [0.2, 0.25) is 15.9 Å². The van der Waals surface area contributed by atoms with Gasteiger partial charge in [0.05, 0.1) is 24.2 Å². The molecule has 0 aliphatic heterocycles. The highest BCUT2D eigenvalue weighted by Gasteiger charge is 2.23. The molecule has 1 amide bonds. The minimum absolute atomic E-state index is 0.107. The number of nitrogens with zero attached hydrogens (tertiary/aromatic N) is 3. The van der Waals surface area contributed by atoms with E-state index in [4.69, 9.17) is 0 Å². The number of aromatic nitrogens is 2. The zero-order chi connectivity index (χ0) is 17.0. The van der Waals surface area contributed by atoms with Gasteiger partial charge in [-0.1, -0.05) is 6.07 Å². The minimum Gasteiger partial charge on any atom is -0.338 e. The summed E-state index contributed by atoms with van der Waals surface area (Å²) in [6.45, 7) is -0.146. The molecule has 124 valence electrons. The molecule has 23 heavy (non-hydrogen) atoms. The van der Waals surface area contributed by atoms with Crippen molar-refractivity contribution in [2.24, 2.45) is 0 Å². The number of hydrogen-bond acceptors (Lipinski definition) is 4. The molecule has 1 aromatic carbocycles. The average Bonchev–Trinajstić information content (AvgIpc) is 2.96. The van der Waals surface area contributed by atoms with Gasteiger partial charge in [0.25, 0.3) is 0 Å². The number of likely N-dealkylation sites (N-methyl/N-ethyl adjacent to an activating group) is 1. The molecule has 1 aromatic heterocycles. The Balaban J connectivity index is 2.16. The zero-order valence-electron chi connectivity index (χ0n) is 12.7. The lowest BCUT2D eigenvalue weighted by Gasteiger charge is -2.25. The van der Waals surface area contributed by atoms with Gasteiger partial charge in [-0.3, -0.25) is 14.2 Å². The van der Waals surface area contributed by atoms with Crippen molar-refractivity contribution in [3.8, 4) is 0 Å². The fraction of sp³-hybridized carbons (Fsp3) is 0.286. The maximum absolute atomic E-state index is 13.3. The van der Waals surface area contributed by atoms with Crippen molar-refractivity contribution in [1.29, 1.82) is 0 Å². The SMILES string of the molecule is CN(Cc1ccn[nH]1)C(=O)CN(c1cccc(F)c1)S(C)(=O)=O. The van der Waals surface area contributed by atoms with Crippen molar-refractivity contribution >= 4 is 21.6 Å². The molecule has 0 fully saturated rings. The van der Waals surface area contributed by atoms with Gasteiger partial charge in [0, 0.05) is 13.2 Å². The fourth-order valence-electron chi connectivity index (χ4n) is 1.99. The first-order valence-corrected chi connectivity index (χ1v) is 8.57. The van der Waals surface area contributed by atoms with Gasteiger partial charge in [0.1, 0.15) is 12.4 Å².